The van der Waals surface area contributed by atoms with Gasteiger partial charge in [0.25, 0.3) is 5.91 Å². The first-order valence-electron chi connectivity index (χ1n) is 6.87. The van der Waals surface area contributed by atoms with E-state index < -0.39 is 23.8 Å². The standard InChI is InChI=1S/C14H17F4N3O/c1-8-12(3-9(5-20-8)14(16,17)18)13(22)21-7-10(15)4-11(21)6-19-2/h3,5,10-11,19H,4,6-7H2,1-2H3/t10-,11-/m0/s1. The second-order valence-electron chi connectivity index (χ2n) is 5.36. The summed E-state index contributed by atoms with van der Waals surface area (Å²) in [7, 11) is 1.67. The number of pyridine rings is 1. The summed E-state index contributed by atoms with van der Waals surface area (Å²) in [6.07, 6.45) is -4.87. The van der Waals surface area contributed by atoms with Crippen molar-refractivity contribution in [3.8, 4) is 0 Å². The van der Waals surface area contributed by atoms with Crippen LogP contribution in [0.3, 0.4) is 0 Å². The molecule has 0 saturated carbocycles. The van der Waals surface area contributed by atoms with E-state index in [0.717, 1.165) is 6.07 Å². The number of likely N-dealkylation sites (N-methyl/N-ethyl adjacent to an activating group) is 1. The van der Waals surface area contributed by atoms with Crippen molar-refractivity contribution in [1.82, 2.24) is 15.2 Å². The molecule has 22 heavy (non-hydrogen) atoms. The predicted octanol–water partition coefficient (Wildman–Crippen LogP) is 2.18. The van der Waals surface area contributed by atoms with Crippen LogP contribution >= 0.6 is 0 Å². The summed E-state index contributed by atoms with van der Waals surface area (Å²) in [6, 6.07) is 0.411. The molecule has 2 heterocycles. The number of aryl methyl sites for hydroxylation is 1. The van der Waals surface area contributed by atoms with Crippen LogP contribution in [-0.4, -0.2) is 48.1 Å². The summed E-state index contributed by atoms with van der Waals surface area (Å²) in [4.78, 5) is 17.4. The van der Waals surface area contributed by atoms with Crippen molar-refractivity contribution in [3.63, 3.8) is 0 Å². The summed E-state index contributed by atoms with van der Waals surface area (Å²) < 4.78 is 51.9. The van der Waals surface area contributed by atoms with Gasteiger partial charge in [-0.15, -0.1) is 0 Å². The van der Waals surface area contributed by atoms with Gasteiger partial charge in [0.05, 0.1) is 23.4 Å². The van der Waals surface area contributed by atoms with Gasteiger partial charge in [-0.05, 0) is 20.0 Å². The molecule has 2 rings (SSSR count). The highest BCUT2D eigenvalue weighted by atomic mass is 19.4. The third-order valence-corrected chi connectivity index (χ3v) is 3.71. The molecule has 0 aliphatic carbocycles. The minimum absolute atomic E-state index is 0.110. The summed E-state index contributed by atoms with van der Waals surface area (Å²) in [5, 5.41) is 2.86. The summed E-state index contributed by atoms with van der Waals surface area (Å²) in [6.45, 7) is 1.74. The topological polar surface area (TPSA) is 45.2 Å². The zero-order valence-corrected chi connectivity index (χ0v) is 12.2. The molecule has 8 heteroatoms. The van der Waals surface area contributed by atoms with Crippen molar-refractivity contribution >= 4 is 5.91 Å². The Kier molecular flexibility index (Phi) is 4.69. The third-order valence-electron chi connectivity index (χ3n) is 3.71. The molecule has 0 spiro atoms. The average molecular weight is 319 g/mol. The molecular weight excluding hydrogens is 302 g/mol. The van der Waals surface area contributed by atoms with E-state index in [0.29, 0.717) is 12.7 Å². The van der Waals surface area contributed by atoms with Crippen molar-refractivity contribution in [2.24, 2.45) is 0 Å². The van der Waals surface area contributed by atoms with Gasteiger partial charge in [0.15, 0.2) is 0 Å². The number of carbonyl (C=O) groups is 1. The monoisotopic (exact) mass is 319 g/mol. The first-order valence-corrected chi connectivity index (χ1v) is 6.87. The second-order valence-corrected chi connectivity index (χ2v) is 5.36. The van der Waals surface area contributed by atoms with Gasteiger partial charge in [0.1, 0.15) is 6.17 Å². The fourth-order valence-corrected chi connectivity index (χ4v) is 2.60. The van der Waals surface area contributed by atoms with Crippen molar-refractivity contribution < 1.29 is 22.4 Å². The number of halogens is 4. The normalized spacial score (nSPS) is 22.2. The molecule has 0 bridgehead atoms. The molecular formula is C14H17F4N3O. The third kappa shape index (κ3) is 3.37. The molecule has 1 saturated heterocycles. The van der Waals surface area contributed by atoms with Gasteiger partial charge < -0.3 is 10.2 Å². The van der Waals surface area contributed by atoms with Crippen LogP contribution in [0.5, 0.6) is 0 Å². The molecule has 1 aliphatic heterocycles. The molecule has 0 unspecified atom stereocenters. The molecule has 1 N–H and O–H groups in total. The van der Waals surface area contributed by atoms with Gasteiger partial charge in [-0.2, -0.15) is 13.2 Å². The van der Waals surface area contributed by atoms with Crippen LogP contribution in [0, 0.1) is 6.92 Å². The minimum Gasteiger partial charge on any atom is -0.331 e. The number of aromatic nitrogens is 1. The van der Waals surface area contributed by atoms with E-state index >= 15 is 0 Å². The maximum atomic E-state index is 13.6. The number of rotatable bonds is 3. The maximum absolute atomic E-state index is 13.6. The fraction of sp³-hybridized carbons (Fsp3) is 0.571. The highest BCUT2D eigenvalue weighted by Crippen LogP contribution is 2.31. The Morgan fingerprint density at radius 3 is 2.77 bits per heavy atom. The van der Waals surface area contributed by atoms with Crippen molar-refractivity contribution in [3.05, 3.63) is 29.1 Å². The zero-order valence-electron chi connectivity index (χ0n) is 12.2. The molecule has 1 aliphatic rings. The maximum Gasteiger partial charge on any atom is 0.417 e. The molecule has 4 nitrogen and oxygen atoms in total. The summed E-state index contributed by atoms with van der Waals surface area (Å²) in [5.74, 6) is -0.614. The van der Waals surface area contributed by atoms with Gasteiger partial charge >= 0.3 is 6.18 Å². The number of hydrogen-bond donors (Lipinski definition) is 1. The first kappa shape index (κ1) is 16.7. The van der Waals surface area contributed by atoms with E-state index in [-0.39, 0.29) is 30.3 Å². The van der Waals surface area contributed by atoms with E-state index in [1.165, 1.54) is 11.8 Å². The average Bonchev–Trinajstić information content (AvgIpc) is 2.78. The minimum atomic E-state index is -4.58. The Labute approximate surface area is 125 Å². The Bertz CT molecular complexity index is 562. The molecule has 1 aromatic heterocycles. The highest BCUT2D eigenvalue weighted by molar-refractivity contribution is 5.95. The van der Waals surface area contributed by atoms with Gasteiger partial charge in [-0.1, -0.05) is 0 Å². The molecule has 2 atom stereocenters. The van der Waals surface area contributed by atoms with Crippen LogP contribution in [0.25, 0.3) is 0 Å². The number of hydrogen-bond acceptors (Lipinski definition) is 3. The quantitative estimate of drug-likeness (QED) is 0.869. The summed E-state index contributed by atoms with van der Waals surface area (Å²) >= 11 is 0. The van der Waals surface area contributed by atoms with Crippen molar-refractivity contribution in [2.45, 2.75) is 31.7 Å². The number of nitrogens with zero attached hydrogens (tertiary/aromatic N) is 2. The number of nitrogens with one attached hydrogen (secondary N) is 1. The lowest BCUT2D eigenvalue weighted by molar-refractivity contribution is -0.137. The van der Waals surface area contributed by atoms with Crippen molar-refractivity contribution in [2.75, 3.05) is 20.1 Å². The Morgan fingerprint density at radius 2 is 2.18 bits per heavy atom. The van der Waals surface area contributed by atoms with Gasteiger partial charge in [-0.25, -0.2) is 4.39 Å². The fourth-order valence-electron chi connectivity index (χ4n) is 2.60. The first-order chi connectivity index (χ1) is 10.2. The zero-order chi connectivity index (χ0) is 16.5. The van der Waals surface area contributed by atoms with Crippen LogP contribution in [0.4, 0.5) is 17.6 Å². The van der Waals surface area contributed by atoms with E-state index in [1.807, 2.05) is 0 Å². The molecule has 1 fully saturated rings. The molecule has 1 aromatic rings. The van der Waals surface area contributed by atoms with E-state index in [1.54, 1.807) is 7.05 Å². The Hall–Kier alpha value is -1.70. The number of amides is 1. The van der Waals surface area contributed by atoms with Crippen LogP contribution in [-0.2, 0) is 6.18 Å². The Morgan fingerprint density at radius 1 is 1.50 bits per heavy atom. The number of carbonyl (C=O) groups excluding carboxylic acids is 1. The van der Waals surface area contributed by atoms with Crippen LogP contribution in [0.2, 0.25) is 0 Å². The lowest BCUT2D eigenvalue weighted by Gasteiger charge is -2.25. The van der Waals surface area contributed by atoms with Gasteiger partial charge in [0, 0.05) is 25.2 Å². The number of likely N-dealkylation sites (tertiary alicyclic amines) is 1. The predicted molar refractivity (Wildman–Crippen MR) is 72.2 cm³/mol. The smallest absolute Gasteiger partial charge is 0.331 e. The summed E-state index contributed by atoms with van der Waals surface area (Å²) in [5.41, 5.74) is -0.920. The van der Waals surface area contributed by atoms with Crippen molar-refractivity contribution in [1.29, 1.82) is 0 Å². The highest BCUT2D eigenvalue weighted by Gasteiger charge is 2.37. The number of alkyl halides is 4. The van der Waals surface area contributed by atoms with E-state index in [9.17, 15) is 22.4 Å². The van der Waals surface area contributed by atoms with Gasteiger partial charge in [-0.3, -0.25) is 9.78 Å². The van der Waals surface area contributed by atoms with Crippen LogP contribution in [0.1, 0.15) is 28.0 Å². The van der Waals surface area contributed by atoms with E-state index in [4.69, 9.17) is 0 Å². The molecule has 122 valence electrons. The molecule has 0 aromatic carbocycles. The second kappa shape index (κ2) is 6.20. The molecule has 0 radical (unpaired) electrons. The van der Waals surface area contributed by atoms with Gasteiger partial charge in [0.2, 0.25) is 0 Å². The van der Waals surface area contributed by atoms with E-state index in [2.05, 4.69) is 10.3 Å². The largest absolute Gasteiger partial charge is 0.417 e. The lowest BCUT2D eigenvalue weighted by atomic mass is 10.1. The lowest BCUT2D eigenvalue weighted by Crippen LogP contribution is -2.41. The molecule has 1 amide bonds. The van der Waals surface area contributed by atoms with Crippen LogP contribution in [0.15, 0.2) is 12.3 Å². The van der Waals surface area contributed by atoms with Crippen LogP contribution < -0.4 is 5.32 Å². The SMILES string of the molecule is CNC[C@@H]1C[C@H](F)CN1C(=O)c1cc(C(F)(F)F)cnc1C. The Balaban J connectivity index is 2.32.